The van der Waals surface area contributed by atoms with Gasteiger partial charge in [-0.1, -0.05) is 35.3 Å². The predicted octanol–water partition coefficient (Wildman–Crippen LogP) is 4.33. The van der Waals surface area contributed by atoms with Crippen molar-refractivity contribution in [2.24, 2.45) is 7.05 Å². The Kier molecular flexibility index (Phi) is 8.25. The fourth-order valence-corrected chi connectivity index (χ4v) is 4.19. The summed E-state index contributed by atoms with van der Waals surface area (Å²) in [4.78, 5) is 35.6. The maximum atomic E-state index is 13.2. The molecule has 0 aliphatic heterocycles. The summed E-state index contributed by atoms with van der Waals surface area (Å²) in [5.74, 6) is -1.59. The van der Waals surface area contributed by atoms with Gasteiger partial charge in [0.25, 0.3) is 5.91 Å². The number of benzene rings is 2. The molecule has 1 aromatic heterocycles. The zero-order chi connectivity index (χ0) is 24.1. The van der Waals surface area contributed by atoms with E-state index in [0.29, 0.717) is 39.7 Å². The van der Waals surface area contributed by atoms with Crippen molar-refractivity contribution in [3.63, 3.8) is 0 Å². The summed E-state index contributed by atoms with van der Waals surface area (Å²) in [5.41, 5.74) is 1.91. The number of rotatable bonds is 9. The van der Waals surface area contributed by atoms with E-state index in [-0.39, 0.29) is 17.4 Å². The zero-order valence-corrected chi connectivity index (χ0v) is 20.1. The number of amides is 2. The molecule has 0 aliphatic carbocycles. The number of halogens is 2. The van der Waals surface area contributed by atoms with Crippen LogP contribution in [0.15, 0.2) is 42.5 Å². The van der Waals surface area contributed by atoms with E-state index in [0.717, 1.165) is 17.7 Å². The number of nitrogens with zero attached hydrogens (tertiary/aromatic N) is 1. The van der Waals surface area contributed by atoms with Gasteiger partial charge in [-0.25, -0.2) is 9.52 Å². The largest absolute Gasteiger partial charge is 0.478 e. The Hall–Kier alpha value is -2.72. The molecule has 1 unspecified atom stereocenters. The molecule has 2 amide bonds. The Morgan fingerprint density at radius 3 is 2.61 bits per heavy atom. The summed E-state index contributed by atoms with van der Waals surface area (Å²) < 4.78 is 7.28. The highest BCUT2D eigenvalue weighted by Crippen LogP contribution is 2.32. The Balaban J connectivity index is 1.85. The first-order chi connectivity index (χ1) is 15.7. The second-order valence-electron chi connectivity index (χ2n) is 7.28. The van der Waals surface area contributed by atoms with Crippen LogP contribution in [0.5, 0.6) is 0 Å². The molecule has 0 aliphatic rings. The van der Waals surface area contributed by atoms with Crippen LogP contribution in [0.1, 0.15) is 45.8 Å². The number of hydrogen-bond donors (Lipinski definition) is 4. The van der Waals surface area contributed by atoms with Gasteiger partial charge in [-0.15, -0.1) is 0 Å². The van der Waals surface area contributed by atoms with Crippen LogP contribution in [0.4, 0.5) is 0 Å². The quantitative estimate of drug-likeness (QED) is 0.252. The minimum absolute atomic E-state index is 0.123. The van der Waals surface area contributed by atoms with Gasteiger partial charge < -0.3 is 15.0 Å². The summed E-state index contributed by atoms with van der Waals surface area (Å²) in [7, 11) is 1.76. The van der Waals surface area contributed by atoms with Gasteiger partial charge in [-0.2, -0.15) is 0 Å². The third-order valence-corrected chi connectivity index (χ3v) is 6.55. The second kappa shape index (κ2) is 10.9. The van der Waals surface area contributed by atoms with Crippen LogP contribution in [0.3, 0.4) is 0 Å². The van der Waals surface area contributed by atoms with Crippen LogP contribution in [0.2, 0.25) is 10.0 Å². The molecule has 0 fully saturated rings. The molecule has 11 heteroatoms. The van der Waals surface area contributed by atoms with Crippen LogP contribution in [0.25, 0.3) is 10.9 Å². The van der Waals surface area contributed by atoms with Crippen LogP contribution in [-0.4, -0.2) is 34.0 Å². The van der Waals surface area contributed by atoms with Crippen LogP contribution >= 0.6 is 35.3 Å². The van der Waals surface area contributed by atoms with Crippen molar-refractivity contribution in [3.8, 4) is 0 Å². The van der Waals surface area contributed by atoms with Gasteiger partial charge in [-0.05, 0) is 42.3 Å². The van der Waals surface area contributed by atoms with E-state index in [1.54, 1.807) is 41.9 Å². The minimum atomic E-state index is -1.05. The highest BCUT2D eigenvalue weighted by Gasteiger charge is 2.21. The summed E-state index contributed by atoms with van der Waals surface area (Å²) in [5, 5.41) is 13.8. The number of aryl methyl sites for hydroxylation is 1. The number of carbonyl (C=O) groups excluding carboxylic acids is 2. The van der Waals surface area contributed by atoms with Crippen molar-refractivity contribution in [1.82, 2.24) is 19.3 Å². The first kappa shape index (κ1) is 24.9. The molecule has 2 aromatic carbocycles. The lowest BCUT2D eigenvalue weighted by molar-refractivity contribution is -0.117. The molecule has 0 saturated heterocycles. The molecule has 4 N–H and O–H groups in total. The van der Waals surface area contributed by atoms with Crippen molar-refractivity contribution < 1.29 is 19.5 Å². The number of hydrogen-bond acceptors (Lipinski definition) is 5. The van der Waals surface area contributed by atoms with Gasteiger partial charge in [-0.3, -0.25) is 14.3 Å². The molecule has 3 aromatic rings. The Morgan fingerprint density at radius 2 is 1.91 bits per heavy atom. The molecule has 3 rings (SSSR count). The van der Waals surface area contributed by atoms with Gasteiger partial charge >= 0.3 is 5.97 Å². The van der Waals surface area contributed by atoms with Gasteiger partial charge in [0.2, 0.25) is 5.91 Å². The number of fused-ring (bicyclic) bond motifs is 1. The molecular weight excluding hydrogens is 487 g/mol. The summed E-state index contributed by atoms with van der Waals surface area (Å²) in [6.45, 7) is 1.84. The molecule has 0 bridgehead atoms. The molecule has 8 nitrogen and oxygen atoms in total. The lowest BCUT2D eigenvalue weighted by Gasteiger charge is -2.20. The number of aromatic nitrogens is 1. The van der Waals surface area contributed by atoms with Crippen molar-refractivity contribution in [2.75, 3.05) is 6.54 Å². The second-order valence-corrected chi connectivity index (χ2v) is 8.76. The minimum Gasteiger partial charge on any atom is -0.478 e. The molecule has 0 radical (unpaired) electrons. The van der Waals surface area contributed by atoms with Gasteiger partial charge in [0.15, 0.2) is 0 Å². The van der Waals surface area contributed by atoms with E-state index in [4.69, 9.17) is 23.2 Å². The normalized spacial score (nSPS) is 11.9. The first-order valence-corrected chi connectivity index (χ1v) is 11.5. The van der Waals surface area contributed by atoms with Crippen molar-refractivity contribution in [1.29, 1.82) is 0 Å². The highest BCUT2D eigenvalue weighted by atomic mass is 35.5. The molecular formula is C22H22Cl2N4O4S. The third-order valence-electron chi connectivity index (χ3n) is 4.99. The average Bonchev–Trinajstić information content (AvgIpc) is 3.12. The van der Waals surface area contributed by atoms with Gasteiger partial charge in [0, 0.05) is 43.6 Å². The number of carbonyl (C=O) groups is 3. The van der Waals surface area contributed by atoms with Crippen molar-refractivity contribution in [3.05, 3.63) is 69.3 Å². The molecule has 33 heavy (non-hydrogen) atoms. The molecule has 1 heterocycles. The zero-order valence-electron chi connectivity index (χ0n) is 17.8. The van der Waals surface area contributed by atoms with E-state index in [1.165, 1.54) is 19.1 Å². The smallest absolute Gasteiger partial charge is 0.335 e. The van der Waals surface area contributed by atoms with E-state index >= 15 is 0 Å². The number of nitrogens with one attached hydrogen (secondary N) is 3. The molecule has 1 atom stereocenters. The Bertz CT molecular complexity index is 1210. The van der Waals surface area contributed by atoms with Crippen LogP contribution < -0.4 is 14.8 Å². The maximum Gasteiger partial charge on any atom is 0.335 e. The van der Waals surface area contributed by atoms with E-state index in [1.807, 2.05) is 0 Å². The maximum absolute atomic E-state index is 13.2. The lowest BCUT2D eigenvalue weighted by Crippen LogP contribution is -2.32. The third kappa shape index (κ3) is 6.00. The van der Waals surface area contributed by atoms with E-state index in [9.17, 15) is 19.5 Å². The average molecular weight is 509 g/mol. The SMILES string of the molecule is CC(=O)NSNCCC(NC(=O)c1cc2c(Cl)c(Cl)ccc2n1C)c1cccc(C(=O)O)c1. The van der Waals surface area contributed by atoms with Crippen LogP contribution in [-0.2, 0) is 11.8 Å². The standard InChI is InChI=1S/C22H22Cl2N4O4S/c1-12(29)27-33-25-9-8-17(13-4-3-5-14(10-13)22(31)32)26-21(30)19-11-15-18(28(19)2)7-6-16(23)20(15)24/h3-7,10-11,17,25H,8-9H2,1-2H3,(H,26,30)(H,27,29)(H,31,32). The summed E-state index contributed by atoms with van der Waals surface area (Å²) in [6.07, 6.45) is 0.442. The molecule has 174 valence electrons. The Labute approximate surface area is 204 Å². The highest BCUT2D eigenvalue weighted by molar-refractivity contribution is 7.96. The lowest BCUT2D eigenvalue weighted by atomic mass is 10.0. The van der Waals surface area contributed by atoms with E-state index < -0.39 is 12.0 Å². The number of carboxylic acids is 1. The van der Waals surface area contributed by atoms with Gasteiger partial charge in [0.05, 0.1) is 21.7 Å². The predicted molar refractivity (Wildman–Crippen MR) is 131 cm³/mol. The summed E-state index contributed by atoms with van der Waals surface area (Å²) in [6, 6.07) is 11.1. The topological polar surface area (TPSA) is 112 Å². The fraction of sp³-hybridized carbons (Fsp3) is 0.227. The summed E-state index contributed by atoms with van der Waals surface area (Å²) >= 11 is 13.5. The molecule has 0 spiro atoms. The fourth-order valence-electron chi connectivity index (χ4n) is 3.37. The van der Waals surface area contributed by atoms with Gasteiger partial charge in [0.1, 0.15) is 5.69 Å². The van der Waals surface area contributed by atoms with Crippen LogP contribution in [0, 0.1) is 0 Å². The molecule has 0 saturated carbocycles. The Morgan fingerprint density at radius 1 is 1.15 bits per heavy atom. The first-order valence-electron chi connectivity index (χ1n) is 9.92. The number of carboxylic acid groups (broad SMARTS) is 1. The van der Waals surface area contributed by atoms with Crippen molar-refractivity contribution in [2.45, 2.75) is 19.4 Å². The van der Waals surface area contributed by atoms with E-state index in [2.05, 4.69) is 14.8 Å². The number of aromatic carboxylic acids is 1. The van der Waals surface area contributed by atoms with Crippen molar-refractivity contribution >= 4 is 64.0 Å². The monoisotopic (exact) mass is 508 g/mol.